The van der Waals surface area contributed by atoms with Crippen molar-refractivity contribution in [2.75, 3.05) is 43.6 Å². The van der Waals surface area contributed by atoms with E-state index < -0.39 is 33.4 Å². The molecule has 0 spiro atoms. The normalized spacial score (nSPS) is 18.8. The molecule has 0 N–H and O–H groups in total. The third kappa shape index (κ3) is 5.41. The van der Waals surface area contributed by atoms with E-state index in [-0.39, 0.29) is 23.4 Å². The quantitative estimate of drug-likeness (QED) is 0.594. The second-order valence-corrected chi connectivity index (χ2v) is 11.1. The van der Waals surface area contributed by atoms with Crippen molar-refractivity contribution in [3.05, 3.63) is 59.1 Å². The van der Waals surface area contributed by atoms with Gasteiger partial charge < -0.3 is 14.7 Å². The SMILES string of the molecule is CC(=O)N1CCN(C(=O)N2CCCC(N(c3cc(F)ccc3F)S(=O)(=O)c3ccc(Cl)cc3)C2)CC1. The van der Waals surface area contributed by atoms with Gasteiger partial charge in [0.1, 0.15) is 11.6 Å². The highest BCUT2D eigenvalue weighted by Crippen LogP contribution is 2.33. The summed E-state index contributed by atoms with van der Waals surface area (Å²) in [4.78, 5) is 29.5. The number of piperidine rings is 1. The lowest BCUT2D eigenvalue weighted by Crippen LogP contribution is -2.58. The predicted molar refractivity (Wildman–Crippen MR) is 131 cm³/mol. The van der Waals surface area contributed by atoms with Crippen molar-refractivity contribution in [1.82, 2.24) is 14.7 Å². The minimum absolute atomic E-state index is 0.00846. The van der Waals surface area contributed by atoms with E-state index in [2.05, 4.69) is 0 Å². The number of amides is 3. The summed E-state index contributed by atoms with van der Waals surface area (Å²) in [6.07, 6.45) is 0.831. The smallest absolute Gasteiger partial charge is 0.320 e. The number of carbonyl (C=O) groups excluding carboxylic acids is 2. The summed E-state index contributed by atoms with van der Waals surface area (Å²) in [6.45, 7) is 3.47. The lowest BCUT2D eigenvalue weighted by atomic mass is 10.1. The number of sulfonamides is 1. The summed E-state index contributed by atoms with van der Waals surface area (Å²) < 4.78 is 57.4. The van der Waals surface area contributed by atoms with E-state index in [9.17, 15) is 26.8 Å². The Morgan fingerprint density at radius 3 is 2.22 bits per heavy atom. The minimum Gasteiger partial charge on any atom is -0.339 e. The van der Waals surface area contributed by atoms with Crippen LogP contribution in [0, 0.1) is 11.6 Å². The van der Waals surface area contributed by atoms with Gasteiger partial charge in [0.2, 0.25) is 5.91 Å². The maximum absolute atomic E-state index is 14.9. The van der Waals surface area contributed by atoms with Gasteiger partial charge in [-0.3, -0.25) is 9.10 Å². The number of halogens is 3. The van der Waals surface area contributed by atoms with E-state index in [1.807, 2.05) is 0 Å². The minimum atomic E-state index is -4.33. The number of hydrogen-bond donors (Lipinski definition) is 0. The predicted octanol–water partition coefficient (Wildman–Crippen LogP) is 3.56. The molecule has 3 amide bonds. The van der Waals surface area contributed by atoms with Gasteiger partial charge in [-0.1, -0.05) is 11.6 Å². The molecule has 2 saturated heterocycles. The number of carbonyl (C=O) groups is 2. The first kappa shape index (κ1) is 26.2. The molecule has 2 aliphatic heterocycles. The van der Waals surface area contributed by atoms with Gasteiger partial charge >= 0.3 is 6.03 Å². The van der Waals surface area contributed by atoms with Crippen LogP contribution in [0.2, 0.25) is 5.02 Å². The highest BCUT2D eigenvalue weighted by Gasteiger charge is 2.38. The third-order valence-corrected chi connectivity index (χ3v) is 8.64. The lowest BCUT2D eigenvalue weighted by Gasteiger charge is -2.42. The molecule has 0 saturated carbocycles. The highest BCUT2D eigenvalue weighted by atomic mass is 35.5. The Morgan fingerprint density at radius 2 is 1.58 bits per heavy atom. The molecule has 4 rings (SSSR count). The first-order valence-corrected chi connectivity index (χ1v) is 13.4. The summed E-state index contributed by atoms with van der Waals surface area (Å²) >= 11 is 5.92. The Morgan fingerprint density at radius 1 is 0.944 bits per heavy atom. The third-order valence-electron chi connectivity index (χ3n) is 6.51. The molecule has 2 heterocycles. The Hall–Kier alpha value is -2.92. The molecule has 36 heavy (non-hydrogen) atoms. The van der Waals surface area contributed by atoms with E-state index in [1.165, 1.54) is 31.2 Å². The van der Waals surface area contributed by atoms with Gasteiger partial charge in [-0.25, -0.2) is 22.0 Å². The first-order valence-electron chi connectivity index (χ1n) is 11.6. The first-order chi connectivity index (χ1) is 17.1. The van der Waals surface area contributed by atoms with Gasteiger partial charge in [-0.2, -0.15) is 0 Å². The van der Waals surface area contributed by atoms with Crippen LogP contribution in [0.3, 0.4) is 0 Å². The zero-order valence-electron chi connectivity index (χ0n) is 19.7. The monoisotopic (exact) mass is 540 g/mol. The molecule has 8 nitrogen and oxygen atoms in total. The van der Waals surface area contributed by atoms with Crippen LogP contribution in [0.1, 0.15) is 19.8 Å². The van der Waals surface area contributed by atoms with E-state index in [1.54, 1.807) is 14.7 Å². The van der Waals surface area contributed by atoms with Crippen LogP contribution in [-0.4, -0.2) is 80.4 Å². The lowest BCUT2D eigenvalue weighted by molar-refractivity contribution is -0.130. The van der Waals surface area contributed by atoms with Crippen LogP contribution in [0.4, 0.5) is 19.3 Å². The van der Waals surface area contributed by atoms with Gasteiger partial charge in [0.05, 0.1) is 16.6 Å². The molecule has 2 aromatic rings. The van der Waals surface area contributed by atoms with Crippen molar-refractivity contribution in [2.45, 2.75) is 30.7 Å². The second-order valence-electron chi connectivity index (χ2n) is 8.87. The van der Waals surface area contributed by atoms with Gasteiger partial charge in [0.15, 0.2) is 0 Å². The average Bonchev–Trinajstić information content (AvgIpc) is 2.86. The summed E-state index contributed by atoms with van der Waals surface area (Å²) in [6, 6.07) is 7.00. The van der Waals surface area contributed by atoms with Crippen LogP contribution >= 0.6 is 11.6 Å². The molecule has 0 aromatic heterocycles. The molecule has 194 valence electrons. The van der Waals surface area contributed by atoms with Gasteiger partial charge in [-0.15, -0.1) is 0 Å². The Labute approximate surface area is 214 Å². The molecule has 0 bridgehead atoms. The van der Waals surface area contributed by atoms with Crippen molar-refractivity contribution < 1.29 is 26.8 Å². The molecule has 2 fully saturated rings. The molecule has 1 atom stereocenters. The fraction of sp³-hybridized carbons (Fsp3) is 0.417. The fourth-order valence-electron chi connectivity index (χ4n) is 4.63. The van der Waals surface area contributed by atoms with E-state index in [4.69, 9.17) is 11.6 Å². The van der Waals surface area contributed by atoms with Crippen LogP contribution in [0.15, 0.2) is 47.4 Å². The van der Waals surface area contributed by atoms with Gasteiger partial charge in [0.25, 0.3) is 10.0 Å². The zero-order valence-corrected chi connectivity index (χ0v) is 21.3. The molecule has 0 radical (unpaired) electrons. The number of nitrogens with zero attached hydrogens (tertiary/aromatic N) is 4. The molecule has 1 unspecified atom stereocenters. The van der Waals surface area contributed by atoms with Crippen molar-refractivity contribution in [3.63, 3.8) is 0 Å². The van der Waals surface area contributed by atoms with E-state index in [0.29, 0.717) is 50.6 Å². The van der Waals surface area contributed by atoms with Crippen molar-refractivity contribution >= 4 is 39.2 Å². The summed E-state index contributed by atoms with van der Waals surface area (Å²) in [5.41, 5.74) is -0.417. The standard InChI is InChI=1S/C24H27ClF2N4O4S/c1-17(32)28-11-13-29(14-12-28)24(33)30-10-2-3-20(16-30)31(23-15-19(26)6-9-22(23)27)36(34,35)21-7-4-18(25)5-8-21/h4-9,15,20H,2-3,10-14,16H2,1H3. The maximum Gasteiger partial charge on any atom is 0.320 e. The Bertz CT molecular complexity index is 1240. The Balaban J connectivity index is 1.63. The number of rotatable bonds is 4. The maximum atomic E-state index is 14.9. The van der Waals surface area contributed by atoms with Crippen LogP contribution in [-0.2, 0) is 14.8 Å². The summed E-state index contributed by atoms with van der Waals surface area (Å²) in [5.74, 6) is -1.73. The molecular weight excluding hydrogens is 514 g/mol. The fourth-order valence-corrected chi connectivity index (χ4v) is 6.43. The number of hydrogen-bond acceptors (Lipinski definition) is 4. The van der Waals surface area contributed by atoms with Gasteiger partial charge in [0, 0.05) is 57.3 Å². The Kier molecular flexibility index (Phi) is 7.70. The number of anilines is 1. The molecule has 0 aliphatic carbocycles. The van der Waals surface area contributed by atoms with Crippen molar-refractivity contribution in [1.29, 1.82) is 0 Å². The number of benzene rings is 2. The average molecular weight is 541 g/mol. The summed E-state index contributed by atoms with van der Waals surface area (Å²) in [5, 5.41) is 0.330. The number of urea groups is 1. The van der Waals surface area contributed by atoms with Crippen LogP contribution < -0.4 is 4.31 Å². The topological polar surface area (TPSA) is 81.2 Å². The number of likely N-dealkylation sites (tertiary alicyclic amines) is 1. The van der Waals surface area contributed by atoms with E-state index in [0.717, 1.165) is 22.5 Å². The van der Waals surface area contributed by atoms with Crippen molar-refractivity contribution in [3.8, 4) is 0 Å². The van der Waals surface area contributed by atoms with Crippen LogP contribution in [0.5, 0.6) is 0 Å². The molecular formula is C24H27ClF2N4O4S. The molecule has 2 aromatic carbocycles. The largest absolute Gasteiger partial charge is 0.339 e. The molecule has 12 heteroatoms. The van der Waals surface area contributed by atoms with Gasteiger partial charge in [-0.05, 0) is 49.2 Å². The number of piperazine rings is 1. The second kappa shape index (κ2) is 10.6. The summed E-state index contributed by atoms with van der Waals surface area (Å²) in [7, 11) is -4.33. The molecule has 2 aliphatic rings. The zero-order chi connectivity index (χ0) is 26.0. The van der Waals surface area contributed by atoms with E-state index >= 15 is 0 Å². The van der Waals surface area contributed by atoms with Crippen LogP contribution in [0.25, 0.3) is 0 Å². The van der Waals surface area contributed by atoms with Crippen molar-refractivity contribution in [2.24, 2.45) is 0 Å². The highest BCUT2D eigenvalue weighted by molar-refractivity contribution is 7.92.